The van der Waals surface area contributed by atoms with Crippen LogP contribution < -0.4 is 36.1 Å². The number of nitrogens with zero attached hydrogens (tertiary/aromatic N) is 2. The highest BCUT2D eigenvalue weighted by Gasteiger charge is 2.26. The van der Waals surface area contributed by atoms with Crippen molar-refractivity contribution in [1.82, 2.24) is 21.2 Å². The van der Waals surface area contributed by atoms with Crippen molar-refractivity contribution in [1.29, 1.82) is 0 Å². The Balaban J connectivity index is 1.89. The Kier molecular flexibility index (Phi) is 9.50. The summed E-state index contributed by atoms with van der Waals surface area (Å²) in [6.07, 6.45) is 2.68. The number of ether oxygens (including phenoxy) is 1. The van der Waals surface area contributed by atoms with Gasteiger partial charge in [-0.15, -0.1) is 5.53 Å². The Morgan fingerprint density at radius 2 is 1.67 bits per heavy atom. The normalized spacial score (nSPS) is 13.9. The van der Waals surface area contributed by atoms with Crippen LogP contribution in [0, 0.1) is 6.92 Å². The van der Waals surface area contributed by atoms with Crippen LogP contribution in [0.15, 0.2) is 42.2 Å². The fraction of sp³-hybridized carbons (Fsp3) is 0.448. The summed E-state index contributed by atoms with van der Waals surface area (Å²) in [5.74, 6) is -0.503. The van der Waals surface area contributed by atoms with Gasteiger partial charge in [-0.2, -0.15) is 0 Å². The Hall–Kier alpha value is -3.81. The first-order valence-electron chi connectivity index (χ1n) is 13.4. The second-order valence-corrected chi connectivity index (χ2v) is 14.0. The molecular formula is C29H43N7O5S. The molecule has 0 saturated heterocycles. The Morgan fingerprint density at radius 3 is 2.24 bits per heavy atom. The standard InChI is InChI=1S/C29H43N7O5S/c1-18-11-12-19(13-24(18)36-16-23(32-34-36)27(38)30-17-29(5,6)35(7)8)26(37)31-21-14-20(28(2,3)4)15-22(25(21)41-9)33-42(10,39)40/h11-16,32-34H,17H2,1-10H3,(H,30,38)(H,31,37). The van der Waals surface area contributed by atoms with E-state index in [1.807, 2.05) is 60.5 Å². The number of hydrazine groups is 2. The number of sulfonamides is 1. The maximum absolute atomic E-state index is 13.5. The summed E-state index contributed by atoms with van der Waals surface area (Å²) >= 11 is 0. The van der Waals surface area contributed by atoms with E-state index in [2.05, 4.69) is 26.3 Å². The highest BCUT2D eigenvalue weighted by atomic mass is 32.2. The van der Waals surface area contributed by atoms with Gasteiger partial charge < -0.3 is 20.3 Å². The second kappa shape index (κ2) is 12.2. The number of carbonyl (C=O) groups excluding carboxylic acids is 2. The molecule has 1 aliphatic heterocycles. The molecule has 230 valence electrons. The average molecular weight is 602 g/mol. The van der Waals surface area contributed by atoms with E-state index in [1.54, 1.807) is 41.5 Å². The number of aryl methyl sites for hydroxylation is 1. The largest absolute Gasteiger partial charge is 0.492 e. The summed E-state index contributed by atoms with van der Waals surface area (Å²) in [5, 5.41) is 7.45. The van der Waals surface area contributed by atoms with Gasteiger partial charge in [0, 0.05) is 17.6 Å². The van der Waals surface area contributed by atoms with E-state index in [0.717, 1.165) is 17.4 Å². The van der Waals surface area contributed by atoms with Gasteiger partial charge in [0.05, 0.1) is 36.6 Å². The van der Waals surface area contributed by atoms with Gasteiger partial charge in [0.1, 0.15) is 5.70 Å². The molecule has 1 heterocycles. The molecule has 5 N–H and O–H groups in total. The molecule has 2 aromatic rings. The molecule has 0 aromatic heterocycles. The molecule has 2 aromatic carbocycles. The van der Waals surface area contributed by atoms with Crippen molar-refractivity contribution in [3.05, 3.63) is 58.9 Å². The van der Waals surface area contributed by atoms with E-state index in [4.69, 9.17) is 4.74 Å². The van der Waals surface area contributed by atoms with Crippen molar-refractivity contribution in [2.45, 2.75) is 52.5 Å². The number of anilines is 3. The van der Waals surface area contributed by atoms with Crippen LogP contribution in [-0.2, 0) is 20.2 Å². The lowest BCUT2D eigenvalue weighted by atomic mass is 9.86. The predicted molar refractivity (Wildman–Crippen MR) is 167 cm³/mol. The zero-order chi connectivity index (χ0) is 31.6. The molecule has 0 atom stereocenters. The second-order valence-electron chi connectivity index (χ2n) is 12.2. The van der Waals surface area contributed by atoms with Gasteiger partial charge in [-0.1, -0.05) is 26.8 Å². The summed E-state index contributed by atoms with van der Waals surface area (Å²) in [7, 11) is 1.71. The van der Waals surface area contributed by atoms with E-state index in [-0.39, 0.29) is 28.3 Å². The van der Waals surface area contributed by atoms with Crippen LogP contribution in [0.2, 0.25) is 0 Å². The number of amides is 2. The number of nitrogens with one attached hydrogen (secondary N) is 5. The molecule has 3 rings (SSSR count). The maximum Gasteiger partial charge on any atom is 0.270 e. The zero-order valence-electron chi connectivity index (χ0n) is 26.0. The molecule has 42 heavy (non-hydrogen) atoms. The molecule has 0 aliphatic carbocycles. The minimum atomic E-state index is -3.61. The van der Waals surface area contributed by atoms with Gasteiger partial charge in [0.25, 0.3) is 11.8 Å². The van der Waals surface area contributed by atoms with E-state index in [0.29, 0.717) is 29.2 Å². The van der Waals surface area contributed by atoms with E-state index in [1.165, 1.54) is 7.11 Å². The molecule has 0 saturated carbocycles. The quantitative estimate of drug-likeness (QED) is 0.278. The lowest BCUT2D eigenvalue weighted by Gasteiger charge is -2.32. The highest BCUT2D eigenvalue weighted by Crippen LogP contribution is 2.39. The Morgan fingerprint density at radius 1 is 1.02 bits per heavy atom. The summed E-state index contributed by atoms with van der Waals surface area (Å²) < 4.78 is 32.1. The molecule has 0 fully saturated rings. The molecule has 0 radical (unpaired) electrons. The molecule has 12 nitrogen and oxygen atoms in total. The highest BCUT2D eigenvalue weighted by molar-refractivity contribution is 7.92. The lowest BCUT2D eigenvalue weighted by molar-refractivity contribution is -0.118. The first-order valence-corrected chi connectivity index (χ1v) is 15.3. The first-order chi connectivity index (χ1) is 19.3. The minimum Gasteiger partial charge on any atom is -0.492 e. The average Bonchev–Trinajstić information content (AvgIpc) is 3.36. The van der Waals surface area contributed by atoms with Crippen molar-refractivity contribution in [3.8, 4) is 5.75 Å². The molecule has 13 heteroatoms. The third-order valence-electron chi connectivity index (χ3n) is 7.14. The fourth-order valence-electron chi connectivity index (χ4n) is 3.96. The van der Waals surface area contributed by atoms with Gasteiger partial charge in [-0.3, -0.25) is 24.7 Å². The van der Waals surface area contributed by atoms with Crippen molar-refractivity contribution < 1.29 is 22.7 Å². The van der Waals surface area contributed by atoms with Crippen molar-refractivity contribution in [2.24, 2.45) is 0 Å². The van der Waals surface area contributed by atoms with E-state index in [9.17, 15) is 18.0 Å². The number of methoxy groups -OCH3 is 1. The van der Waals surface area contributed by atoms with Crippen LogP contribution in [0.4, 0.5) is 17.1 Å². The number of hydrogen-bond acceptors (Lipinski definition) is 9. The van der Waals surface area contributed by atoms with Crippen LogP contribution in [0.3, 0.4) is 0 Å². The van der Waals surface area contributed by atoms with Crippen LogP contribution in [0.25, 0.3) is 0 Å². The molecule has 2 amide bonds. The topological polar surface area (TPSA) is 144 Å². The molecule has 0 spiro atoms. The molecule has 0 unspecified atom stereocenters. The van der Waals surface area contributed by atoms with Crippen LogP contribution in [-0.4, -0.2) is 64.7 Å². The monoisotopic (exact) mass is 601 g/mol. The van der Waals surface area contributed by atoms with Crippen LogP contribution in [0.1, 0.15) is 56.1 Å². The summed E-state index contributed by atoms with van der Waals surface area (Å²) in [4.78, 5) is 28.3. The van der Waals surface area contributed by atoms with Crippen molar-refractivity contribution in [3.63, 3.8) is 0 Å². The van der Waals surface area contributed by atoms with Gasteiger partial charge in [0.15, 0.2) is 5.75 Å². The maximum atomic E-state index is 13.5. The Labute approximate surface area is 248 Å². The minimum absolute atomic E-state index is 0.190. The molecule has 1 aliphatic rings. The van der Waals surface area contributed by atoms with Gasteiger partial charge in [-0.05, 0) is 75.7 Å². The van der Waals surface area contributed by atoms with E-state index >= 15 is 0 Å². The lowest BCUT2D eigenvalue weighted by Crippen LogP contribution is -2.49. The summed E-state index contributed by atoms with van der Waals surface area (Å²) in [6.45, 7) is 12.4. The molecule has 0 bridgehead atoms. The third kappa shape index (κ3) is 7.93. The zero-order valence-corrected chi connectivity index (χ0v) is 26.8. The number of benzene rings is 2. The smallest absolute Gasteiger partial charge is 0.270 e. The number of rotatable bonds is 10. The first kappa shape index (κ1) is 32.7. The van der Waals surface area contributed by atoms with E-state index < -0.39 is 15.9 Å². The number of carbonyl (C=O) groups is 2. The summed E-state index contributed by atoms with van der Waals surface area (Å²) in [6, 6.07) is 8.66. The number of hydrogen-bond donors (Lipinski definition) is 5. The fourth-order valence-corrected chi connectivity index (χ4v) is 4.52. The predicted octanol–water partition coefficient (Wildman–Crippen LogP) is 3.05. The Bertz CT molecular complexity index is 1490. The van der Waals surface area contributed by atoms with Crippen molar-refractivity contribution >= 4 is 38.9 Å². The number of likely N-dealkylation sites (N-methyl/N-ethyl adjacent to an activating group) is 1. The van der Waals surface area contributed by atoms with Gasteiger partial charge >= 0.3 is 0 Å². The van der Waals surface area contributed by atoms with Gasteiger partial charge in [0.2, 0.25) is 10.0 Å². The van der Waals surface area contributed by atoms with Crippen molar-refractivity contribution in [2.75, 3.05) is 49.1 Å². The van der Waals surface area contributed by atoms with Crippen LogP contribution >= 0.6 is 0 Å². The van der Waals surface area contributed by atoms with Crippen LogP contribution in [0.5, 0.6) is 5.75 Å². The molecular weight excluding hydrogens is 558 g/mol. The summed E-state index contributed by atoms with van der Waals surface area (Å²) in [5.41, 5.74) is 8.80. The van der Waals surface area contributed by atoms with Gasteiger partial charge in [-0.25, -0.2) is 8.42 Å². The third-order valence-corrected chi connectivity index (χ3v) is 7.73. The SMILES string of the molecule is COc1c(NC(=O)c2ccc(C)c(N3C=C(C(=O)NCC(C)(C)N(C)C)NN3)c2)cc(C(C)(C)C)cc1NS(C)(=O)=O.